The molecule has 106 valence electrons. The number of carbonyl (C=O) groups is 1. The summed E-state index contributed by atoms with van der Waals surface area (Å²) >= 11 is 0. The topological polar surface area (TPSA) is 36.0 Å². The van der Waals surface area contributed by atoms with Crippen LogP contribution in [0, 0.1) is 11.8 Å². The van der Waals surface area contributed by atoms with E-state index in [1.165, 1.54) is 25.9 Å². The maximum absolute atomic E-state index is 12.4. The van der Waals surface area contributed by atoms with E-state index in [0.29, 0.717) is 13.2 Å². The minimum atomic E-state index is 0.246. The van der Waals surface area contributed by atoms with Crippen molar-refractivity contribution in [2.75, 3.05) is 52.5 Å². The summed E-state index contributed by atoms with van der Waals surface area (Å²) < 4.78 is 5.32. The number of carbonyl (C=O) groups excluding carboxylic acids is 1. The van der Waals surface area contributed by atoms with Crippen molar-refractivity contribution in [3.8, 4) is 0 Å². The molecule has 3 heterocycles. The molecule has 4 fully saturated rings. The van der Waals surface area contributed by atoms with E-state index in [-0.39, 0.29) is 6.03 Å². The first-order chi connectivity index (χ1) is 9.31. The molecule has 3 aliphatic heterocycles. The van der Waals surface area contributed by atoms with Gasteiger partial charge in [-0.3, -0.25) is 4.90 Å². The van der Waals surface area contributed by atoms with Crippen LogP contribution in [0.4, 0.5) is 4.79 Å². The van der Waals surface area contributed by atoms with Crippen molar-refractivity contribution in [3.05, 3.63) is 0 Å². The van der Waals surface area contributed by atoms with Crippen molar-refractivity contribution >= 4 is 6.03 Å². The van der Waals surface area contributed by atoms with Gasteiger partial charge in [0.1, 0.15) is 0 Å². The van der Waals surface area contributed by atoms with Gasteiger partial charge in [-0.2, -0.15) is 0 Å². The van der Waals surface area contributed by atoms with Gasteiger partial charge in [-0.25, -0.2) is 4.79 Å². The van der Waals surface area contributed by atoms with Gasteiger partial charge in [-0.05, 0) is 24.7 Å². The van der Waals surface area contributed by atoms with Crippen LogP contribution in [0.3, 0.4) is 0 Å². The number of morpholine rings is 1. The molecule has 2 atom stereocenters. The van der Waals surface area contributed by atoms with Crippen LogP contribution in [0.1, 0.15) is 12.8 Å². The molecule has 0 aromatic carbocycles. The van der Waals surface area contributed by atoms with E-state index < -0.39 is 0 Å². The molecule has 3 saturated heterocycles. The van der Waals surface area contributed by atoms with Gasteiger partial charge in [0, 0.05) is 45.3 Å². The summed E-state index contributed by atoms with van der Waals surface area (Å²) in [4.78, 5) is 19.2. The average molecular weight is 265 g/mol. The lowest BCUT2D eigenvalue weighted by Gasteiger charge is -2.31. The van der Waals surface area contributed by atoms with Crippen molar-refractivity contribution in [3.63, 3.8) is 0 Å². The van der Waals surface area contributed by atoms with Crippen LogP contribution in [0.25, 0.3) is 0 Å². The second-order valence-corrected chi connectivity index (χ2v) is 6.49. The summed E-state index contributed by atoms with van der Waals surface area (Å²) in [6.45, 7) is 7.32. The maximum atomic E-state index is 12.4. The standard InChI is InChI=1S/C14H23N3O2/c18-14(15-3-5-19-6-4-15)17-9-11-7-16(13-1-2-13)8-12(11)10-17/h11-13H,1-10H2. The molecule has 4 rings (SSSR count). The molecule has 4 aliphatic rings. The molecule has 0 aromatic rings. The summed E-state index contributed by atoms with van der Waals surface area (Å²) in [6.07, 6.45) is 2.80. The molecule has 1 aliphatic carbocycles. The molecule has 19 heavy (non-hydrogen) atoms. The number of urea groups is 1. The lowest BCUT2D eigenvalue weighted by Crippen LogP contribution is -2.48. The summed E-state index contributed by atoms with van der Waals surface area (Å²) in [5.41, 5.74) is 0. The molecular formula is C14H23N3O2. The molecule has 5 heteroatoms. The van der Waals surface area contributed by atoms with Crippen molar-refractivity contribution < 1.29 is 9.53 Å². The third kappa shape index (κ3) is 2.23. The minimum Gasteiger partial charge on any atom is -0.378 e. The fourth-order valence-electron chi connectivity index (χ4n) is 3.88. The van der Waals surface area contributed by atoms with Crippen LogP contribution in [-0.2, 0) is 4.74 Å². The zero-order chi connectivity index (χ0) is 12.8. The van der Waals surface area contributed by atoms with Gasteiger partial charge in [-0.1, -0.05) is 0 Å². The molecule has 0 radical (unpaired) electrons. The van der Waals surface area contributed by atoms with E-state index >= 15 is 0 Å². The Morgan fingerprint density at radius 3 is 2.11 bits per heavy atom. The van der Waals surface area contributed by atoms with Crippen LogP contribution < -0.4 is 0 Å². The van der Waals surface area contributed by atoms with E-state index in [1.54, 1.807) is 0 Å². The highest BCUT2D eigenvalue weighted by Crippen LogP contribution is 2.38. The van der Waals surface area contributed by atoms with Crippen molar-refractivity contribution in [1.29, 1.82) is 0 Å². The summed E-state index contributed by atoms with van der Waals surface area (Å²) in [5.74, 6) is 1.45. The van der Waals surface area contributed by atoms with Gasteiger partial charge in [0.25, 0.3) is 0 Å². The third-order valence-corrected chi connectivity index (χ3v) is 5.13. The lowest BCUT2D eigenvalue weighted by molar-refractivity contribution is 0.0443. The smallest absolute Gasteiger partial charge is 0.320 e. The number of hydrogen-bond donors (Lipinski definition) is 0. The molecular weight excluding hydrogens is 242 g/mol. The summed E-state index contributed by atoms with van der Waals surface area (Å²) in [7, 11) is 0. The number of fused-ring (bicyclic) bond motifs is 1. The van der Waals surface area contributed by atoms with Gasteiger partial charge >= 0.3 is 6.03 Å². The highest BCUT2D eigenvalue weighted by atomic mass is 16.5. The first kappa shape index (κ1) is 12.0. The third-order valence-electron chi connectivity index (χ3n) is 5.13. The van der Waals surface area contributed by atoms with E-state index in [2.05, 4.69) is 9.80 Å². The van der Waals surface area contributed by atoms with Crippen LogP contribution in [0.2, 0.25) is 0 Å². The summed E-state index contributed by atoms with van der Waals surface area (Å²) in [6, 6.07) is 1.13. The van der Waals surface area contributed by atoms with Gasteiger partial charge in [0.2, 0.25) is 0 Å². The second-order valence-electron chi connectivity index (χ2n) is 6.49. The Morgan fingerprint density at radius 1 is 0.895 bits per heavy atom. The molecule has 1 saturated carbocycles. The van der Waals surface area contributed by atoms with E-state index in [1.807, 2.05) is 4.90 Å². The fourth-order valence-corrected chi connectivity index (χ4v) is 3.88. The molecule has 0 spiro atoms. The predicted octanol–water partition coefficient (Wildman–Crippen LogP) is 0.465. The average Bonchev–Trinajstić information content (AvgIpc) is 3.10. The first-order valence-electron chi connectivity index (χ1n) is 7.67. The van der Waals surface area contributed by atoms with Crippen LogP contribution in [0.15, 0.2) is 0 Å². The molecule has 0 aromatic heterocycles. The molecule has 2 unspecified atom stereocenters. The Morgan fingerprint density at radius 2 is 1.53 bits per heavy atom. The van der Waals surface area contributed by atoms with Gasteiger partial charge in [-0.15, -0.1) is 0 Å². The maximum Gasteiger partial charge on any atom is 0.320 e. The Hall–Kier alpha value is -0.810. The largest absolute Gasteiger partial charge is 0.378 e. The Bertz CT molecular complexity index is 352. The minimum absolute atomic E-state index is 0.246. The number of amides is 2. The molecule has 2 amide bonds. The number of hydrogen-bond acceptors (Lipinski definition) is 3. The molecule has 5 nitrogen and oxygen atoms in total. The zero-order valence-electron chi connectivity index (χ0n) is 11.5. The Balaban J connectivity index is 1.34. The van der Waals surface area contributed by atoms with Crippen LogP contribution >= 0.6 is 0 Å². The normalized spacial score (nSPS) is 35.8. The SMILES string of the molecule is O=C(N1CCOCC1)N1CC2CN(C3CC3)CC2C1. The predicted molar refractivity (Wildman–Crippen MR) is 70.9 cm³/mol. The number of likely N-dealkylation sites (tertiary alicyclic amines) is 2. The quantitative estimate of drug-likeness (QED) is 0.691. The van der Waals surface area contributed by atoms with Crippen LogP contribution in [0.5, 0.6) is 0 Å². The van der Waals surface area contributed by atoms with E-state index in [4.69, 9.17) is 4.74 Å². The summed E-state index contributed by atoms with van der Waals surface area (Å²) in [5, 5.41) is 0. The van der Waals surface area contributed by atoms with Gasteiger partial charge in [0.15, 0.2) is 0 Å². The Labute approximate surface area is 114 Å². The highest BCUT2D eigenvalue weighted by molar-refractivity contribution is 5.75. The van der Waals surface area contributed by atoms with Crippen molar-refractivity contribution in [2.45, 2.75) is 18.9 Å². The first-order valence-corrected chi connectivity index (χ1v) is 7.67. The number of ether oxygens (including phenoxy) is 1. The van der Waals surface area contributed by atoms with E-state index in [9.17, 15) is 4.79 Å². The molecule has 0 bridgehead atoms. The van der Waals surface area contributed by atoms with Crippen molar-refractivity contribution in [1.82, 2.24) is 14.7 Å². The monoisotopic (exact) mass is 265 g/mol. The fraction of sp³-hybridized carbons (Fsp3) is 0.929. The Kier molecular flexibility index (Phi) is 2.92. The van der Waals surface area contributed by atoms with Gasteiger partial charge < -0.3 is 14.5 Å². The van der Waals surface area contributed by atoms with E-state index in [0.717, 1.165) is 44.1 Å². The van der Waals surface area contributed by atoms with Crippen molar-refractivity contribution in [2.24, 2.45) is 11.8 Å². The van der Waals surface area contributed by atoms with Crippen LogP contribution in [-0.4, -0.2) is 79.3 Å². The zero-order valence-corrected chi connectivity index (χ0v) is 11.5. The lowest BCUT2D eigenvalue weighted by atomic mass is 10.0. The van der Waals surface area contributed by atoms with Gasteiger partial charge in [0.05, 0.1) is 13.2 Å². The number of nitrogens with zero attached hydrogens (tertiary/aromatic N) is 3. The highest BCUT2D eigenvalue weighted by Gasteiger charge is 2.45. The number of rotatable bonds is 1. The molecule has 0 N–H and O–H groups in total. The second kappa shape index (κ2) is 4.63.